The molecular formula is C8H8N4O2S. The van der Waals surface area contributed by atoms with Gasteiger partial charge in [-0.05, 0) is 6.92 Å². The van der Waals surface area contributed by atoms with Crippen LogP contribution in [0.3, 0.4) is 0 Å². The molecule has 0 spiro atoms. The van der Waals surface area contributed by atoms with Gasteiger partial charge in [-0.25, -0.2) is 9.78 Å². The van der Waals surface area contributed by atoms with E-state index in [2.05, 4.69) is 20.4 Å². The van der Waals surface area contributed by atoms with Crippen molar-refractivity contribution in [2.24, 2.45) is 0 Å². The fourth-order valence-electron chi connectivity index (χ4n) is 1.06. The first-order chi connectivity index (χ1) is 7.33. The minimum Gasteiger partial charge on any atom is -0.461 e. The van der Waals surface area contributed by atoms with Crippen molar-refractivity contribution in [3.63, 3.8) is 0 Å². The lowest BCUT2D eigenvalue weighted by Crippen LogP contribution is -2.06. The number of esters is 1. The topological polar surface area (TPSA) is 80.8 Å². The van der Waals surface area contributed by atoms with Crippen LogP contribution in [0.4, 0.5) is 0 Å². The average molecular weight is 224 g/mol. The molecule has 7 heteroatoms. The molecule has 6 nitrogen and oxygen atoms in total. The van der Waals surface area contributed by atoms with E-state index < -0.39 is 5.97 Å². The lowest BCUT2D eigenvalue weighted by molar-refractivity contribution is 0.0520. The van der Waals surface area contributed by atoms with Gasteiger partial charge in [0.2, 0.25) is 5.69 Å². The van der Waals surface area contributed by atoms with E-state index in [1.807, 2.05) is 0 Å². The number of carbonyl (C=O) groups is 1. The fraction of sp³-hybridized carbons (Fsp3) is 0.250. The molecule has 15 heavy (non-hydrogen) atoms. The summed E-state index contributed by atoms with van der Waals surface area (Å²) in [5.74, 6) is -0.489. The van der Waals surface area contributed by atoms with Gasteiger partial charge in [0.05, 0.1) is 6.61 Å². The van der Waals surface area contributed by atoms with Crippen LogP contribution in [-0.2, 0) is 4.74 Å². The van der Waals surface area contributed by atoms with Crippen molar-refractivity contribution in [2.75, 3.05) is 6.61 Å². The first-order valence-corrected chi connectivity index (χ1v) is 5.18. The smallest absolute Gasteiger partial charge is 0.361 e. The zero-order chi connectivity index (χ0) is 10.7. The molecule has 0 saturated heterocycles. The number of hydrogen-bond acceptors (Lipinski definition) is 6. The molecule has 2 aromatic heterocycles. The SMILES string of the molecule is CCOC(=O)c1n[nH]nc1-c1nccs1. The van der Waals surface area contributed by atoms with Crippen LogP contribution in [0.1, 0.15) is 17.4 Å². The maximum atomic E-state index is 11.5. The minimum atomic E-state index is -0.489. The summed E-state index contributed by atoms with van der Waals surface area (Å²) in [4.78, 5) is 15.5. The second kappa shape index (κ2) is 4.18. The number of nitrogens with zero attached hydrogens (tertiary/aromatic N) is 3. The molecule has 0 aromatic carbocycles. The number of ether oxygens (including phenoxy) is 1. The molecule has 0 aliphatic heterocycles. The van der Waals surface area contributed by atoms with Crippen LogP contribution in [0.15, 0.2) is 11.6 Å². The van der Waals surface area contributed by atoms with E-state index in [4.69, 9.17) is 4.74 Å². The highest BCUT2D eigenvalue weighted by Gasteiger charge is 2.20. The van der Waals surface area contributed by atoms with Crippen molar-refractivity contribution in [1.29, 1.82) is 0 Å². The maximum absolute atomic E-state index is 11.5. The Morgan fingerprint density at radius 2 is 2.47 bits per heavy atom. The van der Waals surface area contributed by atoms with Crippen molar-refractivity contribution in [3.05, 3.63) is 17.3 Å². The largest absolute Gasteiger partial charge is 0.461 e. The number of rotatable bonds is 3. The highest BCUT2D eigenvalue weighted by Crippen LogP contribution is 2.21. The molecule has 0 aliphatic carbocycles. The highest BCUT2D eigenvalue weighted by atomic mass is 32.1. The zero-order valence-electron chi connectivity index (χ0n) is 7.93. The summed E-state index contributed by atoms with van der Waals surface area (Å²) < 4.78 is 4.84. The second-order valence-corrected chi connectivity index (χ2v) is 3.47. The summed E-state index contributed by atoms with van der Waals surface area (Å²) in [6, 6.07) is 0. The van der Waals surface area contributed by atoms with Gasteiger partial charge >= 0.3 is 5.97 Å². The molecule has 0 unspecified atom stereocenters. The third-order valence-corrected chi connectivity index (χ3v) is 2.43. The van der Waals surface area contributed by atoms with Gasteiger partial charge in [-0.3, -0.25) is 0 Å². The van der Waals surface area contributed by atoms with E-state index in [0.717, 1.165) is 0 Å². The van der Waals surface area contributed by atoms with Gasteiger partial charge in [-0.1, -0.05) is 0 Å². The van der Waals surface area contributed by atoms with Gasteiger partial charge < -0.3 is 4.74 Å². The van der Waals surface area contributed by atoms with E-state index in [0.29, 0.717) is 17.3 Å². The monoisotopic (exact) mass is 224 g/mol. The second-order valence-electron chi connectivity index (χ2n) is 2.58. The fourth-order valence-corrected chi connectivity index (χ4v) is 1.69. The van der Waals surface area contributed by atoms with Gasteiger partial charge in [0.1, 0.15) is 5.01 Å². The summed E-state index contributed by atoms with van der Waals surface area (Å²) >= 11 is 1.39. The predicted octanol–water partition coefficient (Wildman–Crippen LogP) is 1.10. The molecule has 2 aromatic rings. The molecule has 78 valence electrons. The van der Waals surface area contributed by atoms with Crippen LogP contribution < -0.4 is 0 Å². The third kappa shape index (κ3) is 1.86. The Balaban J connectivity index is 2.34. The molecule has 0 fully saturated rings. The lowest BCUT2D eigenvalue weighted by atomic mass is 10.3. The lowest BCUT2D eigenvalue weighted by Gasteiger charge is -1.97. The van der Waals surface area contributed by atoms with E-state index in [9.17, 15) is 4.79 Å². The predicted molar refractivity (Wildman–Crippen MR) is 53.4 cm³/mol. The van der Waals surface area contributed by atoms with Crippen molar-refractivity contribution >= 4 is 17.3 Å². The first kappa shape index (κ1) is 9.78. The Morgan fingerprint density at radius 3 is 3.13 bits per heavy atom. The average Bonchev–Trinajstić information content (AvgIpc) is 2.88. The van der Waals surface area contributed by atoms with Crippen LogP contribution in [0.5, 0.6) is 0 Å². The summed E-state index contributed by atoms with van der Waals surface area (Å²) in [6.45, 7) is 2.05. The van der Waals surface area contributed by atoms with Gasteiger partial charge in [0.15, 0.2) is 5.69 Å². The molecule has 0 radical (unpaired) electrons. The van der Waals surface area contributed by atoms with Crippen molar-refractivity contribution < 1.29 is 9.53 Å². The Hall–Kier alpha value is -1.76. The summed E-state index contributed by atoms with van der Waals surface area (Å²) in [6.07, 6.45) is 1.64. The van der Waals surface area contributed by atoms with Crippen LogP contribution in [0.25, 0.3) is 10.7 Å². The van der Waals surface area contributed by atoms with Gasteiger partial charge in [0, 0.05) is 11.6 Å². The number of hydrogen-bond donors (Lipinski definition) is 1. The minimum absolute atomic E-state index is 0.173. The Morgan fingerprint density at radius 1 is 1.60 bits per heavy atom. The molecule has 2 heterocycles. The zero-order valence-corrected chi connectivity index (χ0v) is 8.74. The number of aromatic amines is 1. The maximum Gasteiger partial charge on any atom is 0.361 e. The third-order valence-electron chi connectivity index (χ3n) is 1.65. The Labute approximate surface area is 89.3 Å². The Bertz CT molecular complexity index is 451. The van der Waals surface area contributed by atoms with Crippen LogP contribution in [0.2, 0.25) is 0 Å². The summed E-state index contributed by atoms with van der Waals surface area (Å²) in [5.41, 5.74) is 0.607. The van der Waals surface area contributed by atoms with E-state index in [-0.39, 0.29) is 5.69 Å². The van der Waals surface area contributed by atoms with E-state index in [1.54, 1.807) is 18.5 Å². The summed E-state index contributed by atoms with van der Waals surface area (Å²) in [5, 5.41) is 12.5. The molecule has 0 bridgehead atoms. The molecule has 2 rings (SSSR count). The van der Waals surface area contributed by atoms with Crippen molar-refractivity contribution in [1.82, 2.24) is 20.4 Å². The van der Waals surface area contributed by atoms with Gasteiger partial charge in [-0.15, -0.1) is 16.4 Å². The van der Waals surface area contributed by atoms with E-state index in [1.165, 1.54) is 11.3 Å². The Kier molecular flexibility index (Phi) is 2.72. The quantitative estimate of drug-likeness (QED) is 0.790. The highest BCUT2D eigenvalue weighted by molar-refractivity contribution is 7.13. The van der Waals surface area contributed by atoms with Crippen molar-refractivity contribution in [3.8, 4) is 10.7 Å². The number of H-pyrrole nitrogens is 1. The van der Waals surface area contributed by atoms with Gasteiger partial charge in [0.25, 0.3) is 0 Å². The van der Waals surface area contributed by atoms with Crippen LogP contribution in [0, 0.1) is 0 Å². The van der Waals surface area contributed by atoms with Gasteiger partial charge in [-0.2, -0.15) is 10.3 Å². The van der Waals surface area contributed by atoms with Crippen LogP contribution >= 0.6 is 11.3 Å². The van der Waals surface area contributed by atoms with E-state index >= 15 is 0 Å². The normalized spacial score (nSPS) is 10.2. The number of nitrogens with one attached hydrogen (secondary N) is 1. The van der Waals surface area contributed by atoms with Crippen molar-refractivity contribution in [2.45, 2.75) is 6.92 Å². The van der Waals surface area contributed by atoms with Crippen LogP contribution in [-0.4, -0.2) is 33.0 Å². The number of carbonyl (C=O) groups excluding carboxylic acids is 1. The standard InChI is InChI=1S/C8H8N4O2S/c1-2-14-8(13)6-5(10-12-11-6)7-9-3-4-15-7/h3-4H,2H2,1H3,(H,10,11,12). The molecule has 1 N–H and O–H groups in total. The summed E-state index contributed by atoms with van der Waals surface area (Å²) in [7, 11) is 0. The number of aromatic nitrogens is 4. The number of thiazole rings is 1. The molecule has 0 amide bonds. The molecule has 0 aliphatic rings. The molecule has 0 saturated carbocycles. The molecule has 0 atom stereocenters. The molecular weight excluding hydrogens is 216 g/mol. The first-order valence-electron chi connectivity index (χ1n) is 4.30.